The fourth-order valence-electron chi connectivity index (χ4n) is 4.39. The maximum Gasteiger partial charge on any atom is 0.490 e. The van der Waals surface area contributed by atoms with E-state index in [1.54, 1.807) is 0 Å². The largest absolute Gasteiger partial charge is 0.490 e. The molecule has 0 aromatic heterocycles. The fourth-order valence-corrected chi connectivity index (χ4v) is 4.39. The van der Waals surface area contributed by atoms with E-state index in [0.29, 0.717) is 12.5 Å². The van der Waals surface area contributed by atoms with Gasteiger partial charge in [0.1, 0.15) is 5.82 Å². The lowest BCUT2D eigenvalue weighted by atomic mass is 9.85. The third-order valence-corrected chi connectivity index (χ3v) is 6.05. The lowest BCUT2D eigenvalue weighted by molar-refractivity contribution is -0.192. The van der Waals surface area contributed by atoms with Crippen LogP contribution in [-0.2, 0) is 22.7 Å². The molecular weight excluding hydrogens is 440 g/mol. The maximum absolute atomic E-state index is 13.1. The Morgan fingerprint density at radius 3 is 2.27 bits per heavy atom. The van der Waals surface area contributed by atoms with E-state index in [1.165, 1.54) is 23.3 Å². The first-order valence-electron chi connectivity index (χ1n) is 10.6. The zero-order chi connectivity index (χ0) is 24.2. The summed E-state index contributed by atoms with van der Waals surface area (Å²) in [5.41, 5.74) is 3.32. The molecule has 2 aromatic carbocycles. The molecule has 2 saturated heterocycles. The van der Waals surface area contributed by atoms with E-state index >= 15 is 0 Å². The smallest absolute Gasteiger partial charge is 0.475 e. The van der Waals surface area contributed by atoms with E-state index in [9.17, 15) is 22.4 Å². The van der Waals surface area contributed by atoms with Gasteiger partial charge in [0.15, 0.2) is 0 Å². The minimum Gasteiger partial charge on any atom is -0.475 e. The number of carboxylic acids is 1. The van der Waals surface area contributed by atoms with Crippen LogP contribution in [0.15, 0.2) is 48.5 Å². The van der Waals surface area contributed by atoms with Crippen LogP contribution in [0.1, 0.15) is 29.5 Å². The number of aliphatic carboxylic acids is 1. The Labute approximate surface area is 189 Å². The number of carbonyl (C=O) groups is 2. The molecule has 2 heterocycles. The SMILES string of the molecule is Cc1cccc(CN2CCC3(CCN(Cc4ccc(F)cc4)C3)C2=O)c1.O=C(O)C(F)(F)F. The molecule has 1 atom stereocenters. The average Bonchev–Trinajstić information content (AvgIpc) is 3.28. The van der Waals surface area contributed by atoms with Crippen molar-refractivity contribution in [3.05, 3.63) is 71.0 Å². The number of carbonyl (C=O) groups excluding carboxylic acids is 1. The Balaban J connectivity index is 0.000000383. The number of nitrogens with zero attached hydrogens (tertiary/aromatic N) is 2. The molecule has 4 rings (SSSR count). The molecule has 0 radical (unpaired) electrons. The Hall–Kier alpha value is -2.94. The summed E-state index contributed by atoms with van der Waals surface area (Å²) in [5, 5.41) is 7.12. The van der Waals surface area contributed by atoms with Gasteiger partial charge in [0.25, 0.3) is 0 Å². The molecule has 1 unspecified atom stereocenters. The summed E-state index contributed by atoms with van der Waals surface area (Å²) in [6.45, 7) is 6.17. The van der Waals surface area contributed by atoms with Gasteiger partial charge in [-0.2, -0.15) is 13.2 Å². The highest BCUT2D eigenvalue weighted by Gasteiger charge is 2.50. The molecule has 2 aliphatic rings. The summed E-state index contributed by atoms with van der Waals surface area (Å²) >= 11 is 0. The number of aryl methyl sites for hydroxylation is 1. The van der Waals surface area contributed by atoms with Crippen molar-refractivity contribution in [1.82, 2.24) is 9.80 Å². The number of rotatable bonds is 4. The molecule has 2 fully saturated rings. The second-order valence-electron chi connectivity index (χ2n) is 8.64. The van der Waals surface area contributed by atoms with Gasteiger partial charge in [-0.3, -0.25) is 9.69 Å². The van der Waals surface area contributed by atoms with Gasteiger partial charge in [-0.25, -0.2) is 9.18 Å². The first-order chi connectivity index (χ1) is 15.5. The number of alkyl halides is 3. The van der Waals surface area contributed by atoms with Crippen LogP contribution >= 0.6 is 0 Å². The second-order valence-corrected chi connectivity index (χ2v) is 8.64. The Morgan fingerprint density at radius 2 is 1.67 bits per heavy atom. The monoisotopic (exact) mass is 466 g/mol. The van der Waals surface area contributed by atoms with Gasteiger partial charge in [0.2, 0.25) is 5.91 Å². The van der Waals surface area contributed by atoms with E-state index in [1.807, 2.05) is 17.0 Å². The number of likely N-dealkylation sites (tertiary alicyclic amines) is 2. The predicted octanol–water partition coefficient (Wildman–Crippen LogP) is 4.39. The number of hydrogen-bond donors (Lipinski definition) is 1. The number of halogens is 4. The highest BCUT2D eigenvalue weighted by Crippen LogP contribution is 2.41. The summed E-state index contributed by atoms with van der Waals surface area (Å²) in [5.74, 6) is -2.66. The lowest BCUT2D eigenvalue weighted by Crippen LogP contribution is -2.36. The van der Waals surface area contributed by atoms with Crippen LogP contribution in [0.2, 0.25) is 0 Å². The van der Waals surface area contributed by atoms with Gasteiger partial charge in [-0.1, -0.05) is 42.0 Å². The minimum atomic E-state index is -5.08. The van der Waals surface area contributed by atoms with Crippen molar-refractivity contribution >= 4 is 11.9 Å². The third kappa shape index (κ3) is 6.31. The average molecular weight is 466 g/mol. The van der Waals surface area contributed by atoms with Crippen molar-refractivity contribution in [2.24, 2.45) is 5.41 Å². The first-order valence-corrected chi connectivity index (χ1v) is 10.6. The van der Waals surface area contributed by atoms with E-state index < -0.39 is 12.1 Å². The Bertz CT molecular complexity index is 994. The summed E-state index contributed by atoms with van der Waals surface area (Å²) < 4.78 is 44.8. The minimum absolute atomic E-state index is 0.204. The maximum atomic E-state index is 13.1. The van der Waals surface area contributed by atoms with Gasteiger partial charge in [0.05, 0.1) is 5.41 Å². The normalized spacial score (nSPS) is 20.8. The molecule has 33 heavy (non-hydrogen) atoms. The molecule has 0 saturated carbocycles. The zero-order valence-electron chi connectivity index (χ0n) is 18.2. The van der Waals surface area contributed by atoms with Crippen LogP contribution in [0.25, 0.3) is 0 Å². The molecular formula is C24H26F4N2O3. The van der Waals surface area contributed by atoms with Crippen LogP contribution in [0, 0.1) is 18.2 Å². The van der Waals surface area contributed by atoms with Crippen molar-refractivity contribution in [3.63, 3.8) is 0 Å². The van der Waals surface area contributed by atoms with Crippen LogP contribution in [0.5, 0.6) is 0 Å². The van der Waals surface area contributed by atoms with Crippen LogP contribution in [0.4, 0.5) is 17.6 Å². The predicted molar refractivity (Wildman–Crippen MR) is 114 cm³/mol. The van der Waals surface area contributed by atoms with Crippen molar-refractivity contribution < 1.29 is 32.3 Å². The summed E-state index contributed by atoms with van der Waals surface area (Å²) in [7, 11) is 0. The molecule has 2 aromatic rings. The van der Waals surface area contributed by atoms with Crippen molar-refractivity contribution in [1.29, 1.82) is 0 Å². The van der Waals surface area contributed by atoms with E-state index in [0.717, 1.165) is 44.6 Å². The quantitative estimate of drug-likeness (QED) is 0.679. The van der Waals surface area contributed by atoms with Crippen LogP contribution < -0.4 is 0 Å². The van der Waals surface area contributed by atoms with Crippen molar-refractivity contribution in [2.75, 3.05) is 19.6 Å². The highest BCUT2D eigenvalue weighted by atomic mass is 19.4. The van der Waals surface area contributed by atoms with Crippen molar-refractivity contribution in [3.8, 4) is 0 Å². The van der Waals surface area contributed by atoms with Gasteiger partial charge >= 0.3 is 12.1 Å². The van der Waals surface area contributed by atoms with Crippen LogP contribution in [0.3, 0.4) is 0 Å². The van der Waals surface area contributed by atoms with Crippen LogP contribution in [-0.4, -0.2) is 52.6 Å². The van der Waals surface area contributed by atoms with Gasteiger partial charge < -0.3 is 10.0 Å². The Kier molecular flexibility index (Phi) is 7.41. The third-order valence-electron chi connectivity index (χ3n) is 6.05. The topological polar surface area (TPSA) is 60.9 Å². The van der Waals surface area contributed by atoms with Crippen molar-refractivity contribution in [2.45, 2.75) is 39.0 Å². The van der Waals surface area contributed by atoms with Gasteiger partial charge in [0, 0.05) is 26.2 Å². The number of carboxylic acid groups (broad SMARTS) is 1. The molecule has 0 aliphatic carbocycles. The van der Waals surface area contributed by atoms with E-state index in [2.05, 4.69) is 36.1 Å². The summed E-state index contributed by atoms with van der Waals surface area (Å²) in [6.07, 6.45) is -3.21. The summed E-state index contributed by atoms with van der Waals surface area (Å²) in [4.78, 5) is 26.4. The molecule has 1 spiro atoms. The molecule has 1 N–H and O–H groups in total. The van der Waals surface area contributed by atoms with E-state index in [4.69, 9.17) is 9.90 Å². The summed E-state index contributed by atoms with van der Waals surface area (Å²) in [6, 6.07) is 15.1. The second kappa shape index (κ2) is 9.91. The Morgan fingerprint density at radius 1 is 1.03 bits per heavy atom. The van der Waals surface area contributed by atoms with Gasteiger partial charge in [-0.15, -0.1) is 0 Å². The number of hydrogen-bond acceptors (Lipinski definition) is 3. The zero-order valence-corrected chi connectivity index (χ0v) is 18.2. The van der Waals surface area contributed by atoms with Gasteiger partial charge in [-0.05, 0) is 49.6 Å². The molecule has 9 heteroatoms. The number of benzene rings is 2. The first kappa shape index (κ1) is 24.7. The molecule has 178 valence electrons. The molecule has 5 nitrogen and oxygen atoms in total. The highest BCUT2D eigenvalue weighted by molar-refractivity contribution is 5.85. The number of amides is 1. The van der Waals surface area contributed by atoms with E-state index in [-0.39, 0.29) is 11.2 Å². The fraction of sp³-hybridized carbons (Fsp3) is 0.417. The molecule has 2 aliphatic heterocycles. The molecule has 1 amide bonds. The molecule has 0 bridgehead atoms. The lowest BCUT2D eigenvalue weighted by Gasteiger charge is -2.24. The standard InChI is InChI=1S/C22H25FN2O.C2HF3O2/c1-17-3-2-4-19(13-17)15-25-12-10-22(21(25)26)9-11-24(16-22)14-18-5-7-20(23)8-6-18;3-2(4,5)1(6)7/h2-8,13H,9-12,14-16H2,1H3;(H,6,7).